The second kappa shape index (κ2) is 5.61. The van der Waals surface area contributed by atoms with Gasteiger partial charge in [-0.25, -0.2) is 0 Å². The number of likely N-dealkylation sites (tertiary alicyclic amines) is 1. The molecule has 1 aliphatic heterocycles. The maximum Gasteiger partial charge on any atom is 0.00820 e. The Balaban J connectivity index is 2.27. The van der Waals surface area contributed by atoms with Crippen molar-refractivity contribution in [1.29, 1.82) is 0 Å². The summed E-state index contributed by atoms with van der Waals surface area (Å²) in [5, 5.41) is 3.64. The van der Waals surface area contributed by atoms with Crippen LogP contribution in [-0.2, 0) is 0 Å². The third kappa shape index (κ3) is 4.10. The van der Waals surface area contributed by atoms with E-state index in [0.29, 0.717) is 6.04 Å². The number of rotatable bonds is 3. The molecule has 1 unspecified atom stereocenters. The molecule has 0 saturated carbocycles. The highest BCUT2D eigenvalue weighted by molar-refractivity contribution is 4.75. The van der Waals surface area contributed by atoms with Crippen molar-refractivity contribution in [1.82, 2.24) is 10.2 Å². The molecule has 0 radical (unpaired) electrons. The fourth-order valence-electron chi connectivity index (χ4n) is 2.11. The van der Waals surface area contributed by atoms with Gasteiger partial charge in [0.15, 0.2) is 0 Å². The van der Waals surface area contributed by atoms with Crippen molar-refractivity contribution in [3.05, 3.63) is 0 Å². The lowest BCUT2D eigenvalue weighted by atomic mass is 10.1. The van der Waals surface area contributed by atoms with Crippen LogP contribution in [0.2, 0.25) is 0 Å². The van der Waals surface area contributed by atoms with Crippen molar-refractivity contribution in [2.75, 3.05) is 19.6 Å². The van der Waals surface area contributed by atoms with Crippen molar-refractivity contribution in [2.45, 2.75) is 52.1 Å². The highest BCUT2D eigenvalue weighted by Gasteiger charge is 2.15. The van der Waals surface area contributed by atoms with Crippen molar-refractivity contribution in [3.8, 4) is 0 Å². The monoisotopic (exact) mass is 184 g/mol. The summed E-state index contributed by atoms with van der Waals surface area (Å²) in [7, 11) is 0. The summed E-state index contributed by atoms with van der Waals surface area (Å²) in [5.74, 6) is 0. The maximum atomic E-state index is 3.64. The molecule has 0 aliphatic carbocycles. The average Bonchev–Trinajstić information content (AvgIpc) is 2.29. The Morgan fingerprint density at radius 1 is 1.31 bits per heavy atom. The normalized spacial score (nSPS) is 26.3. The predicted octanol–water partition coefficient (Wildman–Crippen LogP) is 1.86. The van der Waals surface area contributed by atoms with Gasteiger partial charge in [-0.15, -0.1) is 0 Å². The molecular weight excluding hydrogens is 160 g/mol. The van der Waals surface area contributed by atoms with E-state index >= 15 is 0 Å². The van der Waals surface area contributed by atoms with E-state index in [2.05, 4.69) is 31.0 Å². The van der Waals surface area contributed by atoms with E-state index in [-0.39, 0.29) is 0 Å². The minimum atomic E-state index is 0.637. The minimum Gasteiger partial charge on any atom is -0.312 e. The van der Waals surface area contributed by atoms with Gasteiger partial charge in [0.2, 0.25) is 0 Å². The molecule has 0 aromatic rings. The molecule has 13 heavy (non-hydrogen) atoms. The van der Waals surface area contributed by atoms with Gasteiger partial charge in [-0.05, 0) is 38.9 Å². The van der Waals surface area contributed by atoms with Gasteiger partial charge < -0.3 is 10.2 Å². The highest BCUT2D eigenvalue weighted by atomic mass is 15.1. The Morgan fingerprint density at radius 2 is 2.08 bits per heavy atom. The summed E-state index contributed by atoms with van der Waals surface area (Å²) in [5.41, 5.74) is 0. The zero-order chi connectivity index (χ0) is 9.68. The Labute approximate surface area is 82.7 Å². The van der Waals surface area contributed by atoms with Crippen LogP contribution in [0, 0.1) is 0 Å². The predicted molar refractivity (Wildman–Crippen MR) is 58.0 cm³/mol. The van der Waals surface area contributed by atoms with E-state index in [1.807, 2.05) is 0 Å². The fraction of sp³-hybridized carbons (Fsp3) is 1.00. The summed E-state index contributed by atoms with van der Waals surface area (Å²) in [6.45, 7) is 10.5. The molecule has 1 fully saturated rings. The van der Waals surface area contributed by atoms with Crippen LogP contribution in [0.4, 0.5) is 0 Å². The maximum absolute atomic E-state index is 3.64. The van der Waals surface area contributed by atoms with Crippen molar-refractivity contribution in [2.24, 2.45) is 0 Å². The van der Waals surface area contributed by atoms with Gasteiger partial charge >= 0.3 is 0 Å². The molecule has 0 aromatic carbocycles. The van der Waals surface area contributed by atoms with Crippen LogP contribution in [0.25, 0.3) is 0 Å². The lowest BCUT2D eigenvalue weighted by Gasteiger charge is -2.20. The SMILES string of the molecule is CCN1CCCC(NC(C)C)CC1. The number of nitrogens with one attached hydrogen (secondary N) is 1. The lowest BCUT2D eigenvalue weighted by Crippen LogP contribution is -2.35. The summed E-state index contributed by atoms with van der Waals surface area (Å²) in [4.78, 5) is 2.56. The van der Waals surface area contributed by atoms with Crippen molar-refractivity contribution < 1.29 is 0 Å². The molecule has 78 valence electrons. The summed E-state index contributed by atoms with van der Waals surface area (Å²) in [6, 6.07) is 1.40. The van der Waals surface area contributed by atoms with Crippen LogP contribution < -0.4 is 5.32 Å². The summed E-state index contributed by atoms with van der Waals surface area (Å²) in [6.07, 6.45) is 4.04. The molecule has 1 atom stereocenters. The standard InChI is InChI=1S/C11H24N2/c1-4-13-8-5-6-11(7-9-13)12-10(2)3/h10-12H,4-9H2,1-3H3. The first-order valence-electron chi connectivity index (χ1n) is 5.70. The van der Waals surface area contributed by atoms with Gasteiger partial charge in [0, 0.05) is 12.1 Å². The van der Waals surface area contributed by atoms with Gasteiger partial charge in [0.05, 0.1) is 0 Å². The summed E-state index contributed by atoms with van der Waals surface area (Å²) < 4.78 is 0. The molecule has 0 aromatic heterocycles. The molecule has 1 heterocycles. The third-order valence-electron chi connectivity index (χ3n) is 2.84. The van der Waals surface area contributed by atoms with E-state index in [1.165, 1.54) is 38.9 Å². The van der Waals surface area contributed by atoms with Gasteiger partial charge in [-0.3, -0.25) is 0 Å². The van der Waals surface area contributed by atoms with Crippen LogP contribution in [-0.4, -0.2) is 36.6 Å². The second-order valence-corrected chi connectivity index (χ2v) is 4.38. The van der Waals surface area contributed by atoms with Crippen LogP contribution in [0.5, 0.6) is 0 Å². The van der Waals surface area contributed by atoms with Gasteiger partial charge in [-0.1, -0.05) is 20.8 Å². The smallest absolute Gasteiger partial charge is 0.00820 e. The molecule has 2 nitrogen and oxygen atoms in total. The molecule has 2 heteroatoms. The molecule has 1 aliphatic rings. The first kappa shape index (κ1) is 11.0. The Kier molecular flexibility index (Phi) is 4.74. The second-order valence-electron chi connectivity index (χ2n) is 4.38. The van der Waals surface area contributed by atoms with Crippen LogP contribution in [0.1, 0.15) is 40.0 Å². The number of hydrogen-bond acceptors (Lipinski definition) is 2. The van der Waals surface area contributed by atoms with Gasteiger partial charge in [-0.2, -0.15) is 0 Å². The molecule has 1 saturated heterocycles. The van der Waals surface area contributed by atoms with E-state index in [0.717, 1.165) is 6.04 Å². The quantitative estimate of drug-likeness (QED) is 0.720. The highest BCUT2D eigenvalue weighted by Crippen LogP contribution is 2.11. The lowest BCUT2D eigenvalue weighted by molar-refractivity contribution is 0.296. The van der Waals surface area contributed by atoms with E-state index in [9.17, 15) is 0 Å². The molecular formula is C11H24N2. The molecule has 1 N–H and O–H groups in total. The minimum absolute atomic E-state index is 0.637. The van der Waals surface area contributed by atoms with Crippen LogP contribution in [0.3, 0.4) is 0 Å². The fourth-order valence-corrected chi connectivity index (χ4v) is 2.11. The molecule has 0 amide bonds. The van der Waals surface area contributed by atoms with Crippen LogP contribution >= 0.6 is 0 Å². The largest absolute Gasteiger partial charge is 0.312 e. The Bertz CT molecular complexity index is 134. The molecule has 1 rings (SSSR count). The average molecular weight is 184 g/mol. The van der Waals surface area contributed by atoms with Crippen molar-refractivity contribution >= 4 is 0 Å². The summed E-state index contributed by atoms with van der Waals surface area (Å²) >= 11 is 0. The molecule has 0 spiro atoms. The Hall–Kier alpha value is -0.0800. The van der Waals surface area contributed by atoms with Gasteiger partial charge in [0.1, 0.15) is 0 Å². The van der Waals surface area contributed by atoms with E-state index < -0.39 is 0 Å². The first-order valence-corrected chi connectivity index (χ1v) is 5.70. The third-order valence-corrected chi connectivity index (χ3v) is 2.84. The van der Waals surface area contributed by atoms with E-state index in [1.54, 1.807) is 0 Å². The zero-order valence-electron chi connectivity index (χ0n) is 9.34. The number of nitrogens with zero attached hydrogens (tertiary/aromatic N) is 1. The molecule has 0 bridgehead atoms. The van der Waals surface area contributed by atoms with Crippen LogP contribution in [0.15, 0.2) is 0 Å². The van der Waals surface area contributed by atoms with Gasteiger partial charge in [0.25, 0.3) is 0 Å². The number of hydrogen-bond donors (Lipinski definition) is 1. The van der Waals surface area contributed by atoms with Crippen molar-refractivity contribution in [3.63, 3.8) is 0 Å². The first-order chi connectivity index (χ1) is 6.22. The zero-order valence-corrected chi connectivity index (χ0v) is 9.34. The Morgan fingerprint density at radius 3 is 2.69 bits per heavy atom. The topological polar surface area (TPSA) is 15.3 Å². The van der Waals surface area contributed by atoms with E-state index in [4.69, 9.17) is 0 Å².